The molecule has 2 amide bonds. The third-order valence-corrected chi connectivity index (χ3v) is 4.06. The number of urea groups is 1. The molecule has 6 heteroatoms. The van der Waals surface area contributed by atoms with Crippen molar-refractivity contribution in [3.05, 3.63) is 33.3 Å². The highest BCUT2D eigenvalue weighted by Gasteiger charge is 2.26. The number of hydrogen-bond donors (Lipinski definition) is 3. The van der Waals surface area contributed by atoms with Gasteiger partial charge in [0, 0.05) is 13.2 Å². The Kier molecular flexibility index (Phi) is 4.91. The van der Waals surface area contributed by atoms with E-state index in [1.54, 1.807) is 6.07 Å². The lowest BCUT2D eigenvalue weighted by Crippen LogP contribution is -2.38. The van der Waals surface area contributed by atoms with Crippen LogP contribution in [0.3, 0.4) is 0 Å². The monoisotopic (exact) mass is 302 g/mol. The van der Waals surface area contributed by atoms with Crippen molar-refractivity contribution in [1.29, 1.82) is 0 Å². The number of benzene rings is 1. The predicted molar refractivity (Wildman–Crippen MR) is 75.8 cm³/mol. The number of aliphatic hydroxyl groups excluding tert-OH is 1. The third kappa shape index (κ3) is 3.32. The number of carbonyl (C=O) groups excluding carboxylic acids is 1. The zero-order valence-electron chi connectivity index (χ0n) is 10.4. The Morgan fingerprint density at radius 2 is 2.21 bits per heavy atom. The van der Waals surface area contributed by atoms with Crippen LogP contribution in [0.15, 0.2) is 12.1 Å². The average molecular weight is 303 g/mol. The van der Waals surface area contributed by atoms with Gasteiger partial charge in [-0.25, -0.2) is 4.79 Å². The summed E-state index contributed by atoms with van der Waals surface area (Å²) in [5, 5.41) is 15.4. The average Bonchev–Trinajstić information content (AvgIpc) is 2.78. The summed E-state index contributed by atoms with van der Waals surface area (Å²) in [6, 6.07) is 3.41. The molecule has 0 saturated heterocycles. The molecule has 0 fully saturated rings. The van der Waals surface area contributed by atoms with Crippen molar-refractivity contribution >= 4 is 29.2 Å². The van der Waals surface area contributed by atoms with Crippen molar-refractivity contribution in [2.24, 2.45) is 0 Å². The zero-order valence-corrected chi connectivity index (χ0v) is 11.9. The number of aliphatic hydroxyl groups is 1. The molecule has 104 valence electrons. The third-order valence-electron chi connectivity index (χ3n) is 3.22. The Labute approximate surface area is 122 Å². The fourth-order valence-corrected chi connectivity index (χ4v) is 2.72. The molecule has 2 rings (SSSR count). The molecule has 0 heterocycles. The summed E-state index contributed by atoms with van der Waals surface area (Å²) in [6.45, 7) is 0.532. The first-order valence-electron chi connectivity index (χ1n) is 6.25. The van der Waals surface area contributed by atoms with Crippen LogP contribution in [0.4, 0.5) is 4.79 Å². The minimum atomic E-state index is -0.225. The van der Waals surface area contributed by atoms with Gasteiger partial charge in [0.2, 0.25) is 0 Å². The van der Waals surface area contributed by atoms with Crippen LogP contribution in [0.5, 0.6) is 0 Å². The van der Waals surface area contributed by atoms with Crippen LogP contribution in [0.25, 0.3) is 0 Å². The molecule has 1 atom stereocenters. The first kappa shape index (κ1) is 14.4. The van der Waals surface area contributed by atoms with Crippen LogP contribution in [0.2, 0.25) is 10.0 Å². The first-order valence-corrected chi connectivity index (χ1v) is 7.01. The fraction of sp³-hybridized carbons (Fsp3) is 0.462. The topological polar surface area (TPSA) is 61.4 Å². The molecular weight excluding hydrogens is 287 g/mol. The van der Waals surface area contributed by atoms with Gasteiger partial charge in [-0.2, -0.15) is 0 Å². The van der Waals surface area contributed by atoms with E-state index in [0.29, 0.717) is 23.0 Å². The number of hydrogen-bond acceptors (Lipinski definition) is 2. The molecule has 0 spiro atoms. The van der Waals surface area contributed by atoms with E-state index in [9.17, 15) is 4.79 Å². The highest BCUT2D eigenvalue weighted by atomic mass is 35.5. The molecule has 0 aliphatic heterocycles. The minimum absolute atomic E-state index is 0.0288. The second kappa shape index (κ2) is 6.46. The lowest BCUT2D eigenvalue weighted by atomic mass is 10.1. The summed E-state index contributed by atoms with van der Waals surface area (Å²) >= 11 is 12.1. The Hall–Kier alpha value is -0.970. The number of nitrogens with one attached hydrogen (secondary N) is 2. The zero-order chi connectivity index (χ0) is 13.8. The Balaban J connectivity index is 1.99. The molecule has 3 N–H and O–H groups in total. The van der Waals surface area contributed by atoms with E-state index in [4.69, 9.17) is 28.3 Å². The smallest absolute Gasteiger partial charge is 0.315 e. The molecule has 1 aromatic carbocycles. The van der Waals surface area contributed by atoms with Crippen LogP contribution < -0.4 is 10.6 Å². The summed E-state index contributed by atoms with van der Waals surface area (Å²) in [6.07, 6.45) is 2.19. The summed E-state index contributed by atoms with van der Waals surface area (Å²) in [5.74, 6) is 0. The molecule has 1 aliphatic rings. The van der Waals surface area contributed by atoms with Crippen LogP contribution in [-0.2, 0) is 6.42 Å². The SMILES string of the molecule is O=C(NCCCO)NC1CCc2c1ccc(Cl)c2Cl. The normalized spacial score (nSPS) is 17.1. The van der Waals surface area contributed by atoms with Crippen molar-refractivity contribution in [1.82, 2.24) is 10.6 Å². The van der Waals surface area contributed by atoms with E-state index in [1.165, 1.54) is 0 Å². The van der Waals surface area contributed by atoms with Crippen molar-refractivity contribution < 1.29 is 9.90 Å². The van der Waals surface area contributed by atoms with Gasteiger partial charge in [0.25, 0.3) is 0 Å². The van der Waals surface area contributed by atoms with E-state index in [0.717, 1.165) is 24.0 Å². The van der Waals surface area contributed by atoms with Crippen molar-refractivity contribution in [3.8, 4) is 0 Å². The molecule has 0 aromatic heterocycles. The largest absolute Gasteiger partial charge is 0.396 e. The Morgan fingerprint density at radius 1 is 1.42 bits per heavy atom. The minimum Gasteiger partial charge on any atom is -0.396 e. The summed E-state index contributed by atoms with van der Waals surface area (Å²) in [5.41, 5.74) is 2.06. The number of amides is 2. The van der Waals surface area contributed by atoms with Crippen LogP contribution in [-0.4, -0.2) is 24.3 Å². The molecule has 0 radical (unpaired) electrons. The highest BCUT2D eigenvalue weighted by molar-refractivity contribution is 6.42. The molecule has 4 nitrogen and oxygen atoms in total. The van der Waals surface area contributed by atoms with Gasteiger partial charge in [0.05, 0.1) is 16.1 Å². The lowest BCUT2D eigenvalue weighted by Gasteiger charge is -2.15. The van der Waals surface area contributed by atoms with Gasteiger partial charge in [-0.3, -0.25) is 0 Å². The maximum absolute atomic E-state index is 11.7. The number of halogens is 2. The summed E-state index contributed by atoms with van der Waals surface area (Å²) in [7, 11) is 0. The van der Waals surface area contributed by atoms with Gasteiger partial charge >= 0.3 is 6.03 Å². The van der Waals surface area contributed by atoms with E-state index in [-0.39, 0.29) is 18.7 Å². The predicted octanol–water partition coefficient (Wildman–Crippen LogP) is 2.66. The molecule has 1 aromatic rings. The second-order valence-corrected chi connectivity index (χ2v) is 5.28. The highest BCUT2D eigenvalue weighted by Crippen LogP contribution is 2.38. The van der Waals surface area contributed by atoms with Crippen LogP contribution >= 0.6 is 23.2 Å². The molecule has 0 saturated carbocycles. The van der Waals surface area contributed by atoms with E-state index >= 15 is 0 Å². The van der Waals surface area contributed by atoms with E-state index < -0.39 is 0 Å². The van der Waals surface area contributed by atoms with Crippen molar-refractivity contribution in [2.75, 3.05) is 13.2 Å². The standard InChI is InChI=1S/C13H16Cl2N2O2/c14-10-4-2-8-9(12(10)15)3-5-11(8)17-13(19)16-6-1-7-18/h2,4,11,18H,1,3,5-7H2,(H2,16,17,19). The van der Waals surface area contributed by atoms with Gasteiger partial charge in [-0.05, 0) is 36.5 Å². The van der Waals surface area contributed by atoms with Gasteiger partial charge in [-0.1, -0.05) is 29.3 Å². The Bertz CT molecular complexity index is 480. The summed E-state index contributed by atoms with van der Waals surface area (Å²) in [4.78, 5) is 11.7. The second-order valence-electron chi connectivity index (χ2n) is 4.50. The maximum atomic E-state index is 11.7. The molecular formula is C13H16Cl2N2O2. The Morgan fingerprint density at radius 3 is 2.95 bits per heavy atom. The molecule has 1 unspecified atom stereocenters. The lowest BCUT2D eigenvalue weighted by molar-refractivity contribution is 0.234. The van der Waals surface area contributed by atoms with E-state index in [1.807, 2.05) is 6.07 Å². The molecule has 19 heavy (non-hydrogen) atoms. The maximum Gasteiger partial charge on any atom is 0.315 e. The van der Waals surface area contributed by atoms with E-state index in [2.05, 4.69) is 10.6 Å². The van der Waals surface area contributed by atoms with Gasteiger partial charge in [0.1, 0.15) is 0 Å². The molecule has 1 aliphatic carbocycles. The quantitative estimate of drug-likeness (QED) is 0.749. The first-order chi connectivity index (χ1) is 9.13. The summed E-state index contributed by atoms with van der Waals surface area (Å²) < 4.78 is 0. The van der Waals surface area contributed by atoms with Crippen molar-refractivity contribution in [2.45, 2.75) is 25.3 Å². The van der Waals surface area contributed by atoms with Crippen LogP contribution in [0.1, 0.15) is 30.0 Å². The fourth-order valence-electron chi connectivity index (χ4n) is 2.27. The van der Waals surface area contributed by atoms with Crippen molar-refractivity contribution in [3.63, 3.8) is 0 Å². The van der Waals surface area contributed by atoms with Gasteiger partial charge in [-0.15, -0.1) is 0 Å². The van der Waals surface area contributed by atoms with Gasteiger partial charge in [0.15, 0.2) is 0 Å². The van der Waals surface area contributed by atoms with Crippen LogP contribution in [0, 0.1) is 0 Å². The van der Waals surface area contributed by atoms with Gasteiger partial charge < -0.3 is 15.7 Å². The number of carbonyl (C=O) groups is 1. The molecule has 0 bridgehead atoms. The number of rotatable bonds is 4. The number of fused-ring (bicyclic) bond motifs is 1.